The average molecular weight is 333 g/mol. The second-order valence-corrected chi connectivity index (χ2v) is 7.11. The Bertz CT molecular complexity index is 692. The van der Waals surface area contributed by atoms with Crippen molar-refractivity contribution in [2.45, 2.75) is 32.9 Å². The van der Waals surface area contributed by atoms with Gasteiger partial charge in [0.25, 0.3) is 5.91 Å². The van der Waals surface area contributed by atoms with Crippen LogP contribution < -0.4 is 0 Å². The topological polar surface area (TPSA) is 54.3 Å². The Morgan fingerprint density at radius 2 is 2.26 bits per heavy atom. The standard InChI is InChI=1S/C16H23N5OS/c1-12-15(23-11-17-12)5-8-20(3)16(22)14-9-13-10-19(2)6-4-7-21(13)18-14/h9,11H,4-8,10H2,1-3H3. The summed E-state index contributed by atoms with van der Waals surface area (Å²) in [6.07, 6.45) is 1.91. The first kappa shape index (κ1) is 16.1. The molecule has 0 fully saturated rings. The van der Waals surface area contributed by atoms with E-state index in [4.69, 9.17) is 0 Å². The SMILES string of the molecule is Cc1ncsc1CCN(C)C(=O)c1cc2n(n1)CCCN(C)C2. The van der Waals surface area contributed by atoms with Crippen LogP contribution in [0.25, 0.3) is 0 Å². The fraction of sp³-hybridized carbons (Fsp3) is 0.562. The number of hydrogen-bond donors (Lipinski definition) is 0. The van der Waals surface area contributed by atoms with Crippen LogP contribution in [0.15, 0.2) is 11.6 Å². The number of likely N-dealkylation sites (N-methyl/N-ethyl adjacent to an activating group) is 1. The van der Waals surface area contributed by atoms with Crippen molar-refractivity contribution in [1.29, 1.82) is 0 Å². The first-order valence-corrected chi connectivity index (χ1v) is 8.82. The molecule has 6 nitrogen and oxygen atoms in total. The van der Waals surface area contributed by atoms with Gasteiger partial charge in [-0.05, 0) is 26.5 Å². The van der Waals surface area contributed by atoms with Crippen LogP contribution in [0.4, 0.5) is 0 Å². The van der Waals surface area contributed by atoms with Gasteiger partial charge in [-0.3, -0.25) is 9.48 Å². The zero-order valence-electron chi connectivity index (χ0n) is 13.9. The van der Waals surface area contributed by atoms with E-state index in [1.54, 1.807) is 16.2 Å². The summed E-state index contributed by atoms with van der Waals surface area (Å²) in [5, 5.41) is 4.52. The van der Waals surface area contributed by atoms with Crippen LogP contribution >= 0.6 is 11.3 Å². The third-order valence-electron chi connectivity index (χ3n) is 4.29. The van der Waals surface area contributed by atoms with Gasteiger partial charge in [0.2, 0.25) is 0 Å². The van der Waals surface area contributed by atoms with E-state index in [1.807, 2.05) is 30.2 Å². The van der Waals surface area contributed by atoms with Crippen molar-refractivity contribution in [2.75, 3.05) is 27.2 Å². The summed E-state index contributed by atoms with van der Waals surface area (Å²) in [6, 6.07) is 1.94. The lowest BCUT2D eigenvalue weighted by Gasteiger charge is -2.15. The van der Waals surface area contributed by atoms with Gasteiger partial charge in [0.1, 0.15) is 0 Å². The summed E-state index contributed by atoms with van der Waals surface area (Å²) >= 11 is 1.65. The maximum absolute atomic E-state index is 12.6. The molecule has 0 radical (unpaired) electrons. The Balaban J connectivity index is 1.65. The zero-order chi connectivity index (χ0) is 16.4. The van der Waals surface area contributed by atoms with E-state index in [1.165, 1.54) is 4.88 Å². The predicted molar refractivity (Wildman–Crippen MR) is 90.7 cm³/mol. The largest absolute Gasteiger partial charge is 0.340 e. The molecule has 3 heterocycles. The number of aromatic nitrogens is 3. The maximum Gasteiger partial charge on any atom is 0.274 e. The van der Waals surface area contributed by atoms with Crippen LogP contribution in [-0.4, -0.2) is 57.7 Å². The lowest BCUT2D eigenvalue weighted by Crippen LogP contribution is -2.29. The summed E-state index contributed by atoms with van der Waals surface area (Å²) in [6.45, 7) is 5.50. The van der Waals surface area contributed by atoms with E-state index >= 15 is 0 Å². The highest BCUT2D eigenvalue weighted by atomic mass is 32.1. The molecule has 3 rings (SSSR count). The molecule has 0 saturated carbocycles. The first-order chi connectivity index (χ1) is 11.0. The van der Waals surface area contributed by atoms with Gasteiger partial charge in [-0.1, -0.05) is 0 Å². The Morgan fingerprint density at radius 1 is 1.43 bits per heavy atom. The number of amides is 1. The van der Waals surface area contributed by atoms with E-state index < -0.39 is 0 Å². The Morgan fingerprint density at radius 3 is 3.00 bits per heavy atom. The van der Waals surface area contributed by atoms with Crippen molar-refractivity contribution in [2.24, 2.45) is 0 Å². The first-order valence-electron chi connectivity index (χ1n) is 7.94. The highest BCUT2D eigenvalue weighted by molar-refractivity contribution is 7.09. The molecule has 0 spiro atoms. The fourth-order valence-electron chi connectivity index (χ4n) is 2.86. The highest BCUT2D eigenvalue weighted by Gasteiger charge is 2.20. The van der Waals surface area contributed by atoms with Crippen molar-refractivity contribution < 1.29 is 4.79 Å². The number of fused-ring (bicyclic) bond motifs is 1. The fourth-order valence-corrected chi connectivity index (χ4v) is 3.63. The van der Waals surface area contributed by atoms with Crippen molar-refractivity contribution >= 4 is 17.2 Å². The van der Waals surface area contributed by atoms with E-state index in [0.29, 0.717) is 12.2 Å². The molecular weight excluding hydrogens is 310 g/mol. The molecule has 0 aliphatic carbocycles. The van der Waals surface area contributed by atoms with Gasteiger partial charge < -0.3 is 9.80 Å². The van der Waals surface area contributed by atoms with Crippen LogP contribution in [0.3, 0.4) is 0 Å². The number of carbonyl (C=O) groups is 1. The molecule has 23 heavy (non-hydrogen) atoms. The van der Waals surface area contributed by atoms with Gasteiger partial charge in [0.15, 0.2) is 5.69 Å². The van der Waals surface area contributed by atoms with Gasteiger partial charge in [-0.25, -0.2) is 4.98 Å². The molecule has 0 aromatic carbocycles. The number of carbonyl (C=O) groups excluding carboxylic acids is 1. The second-order valence-electron chi connectivity index (χ2n) is 6.17. The van der Waals surface area contributed by atoms with E-state index in [9.17, 15) is 4.79 Å². The molecule has 124 valence electrons. The third kappa shape index (κ3) is 3.61. The van der Waals surface area contributed by atoms with Crippen molar-refractivity contribution in [1.82, 2.24) is 24.6 Å². The Kier molecular flexibility index (Phi) is 4.77. The lowest BCUT2D eigenvalue weighted by atomic mass is 10.2. The predicted octanol–water partition coefficient (Wildman–Crippen LogP) is 1.80. The second kappa shape index (κ2) is 6.80. The number of aryl methyl sites for hydroxylation is 2. The number of nitrogens with zero attached hydrogens (tertiary/aromatic N) is 5. The molecule has 0 bridgehead atoms. The number of thiazole rings is 1. The van der Waals surface area contributed by atoms with Gasteiger partial charge in [-0.2, -0.15) is 5.10 Å². The van der Waals surface area contributed by atoms with E-state index in [-0.39, 0.29) is 5.91 Å². The lowest BCUT2D eigenvalue weighted by molar-refractivity contribution is 0.0790. The van der Waals surface area contributed by atoms with Crippen LogP contribution in [0.5, 0.6) is 0 Å². The van der Waals surface area contributed by atoms with E-state index in [2.05, 4.69) is 22.0 Å². The van der Waals surface area contributed by atoms with Gasteiger partial charge >= 0.3 is 0 Å². The Hall–Kier alpha value is -1.73. The van der Waals surface area contributed by atoms with Crippen molar-refractivity contribution in [3.05, 3.63) is 33.5 Å². The minimum atomic E-state index is -0.00426. The summed E-state index contributed by atoms with van der Waals surface area (Å²) in [4.78, 5) is 22.1. The summed E-state index contributed by atoms with van der Waals surface area (Å²) in [5.74, 6) is -0.00426. The smallest absolute Gasteiger partial charge is 0.274 e. The molecule has 7 heteroatoms. The molecule has 1 aliphatic rings. The molecule has 0 saturated heterocycles. The molecule has 1 aliphatic heterocycles. The quantitative estimate of drug-likeness (QED) is 0.856. The number of hydrogen-bond acceptors (Lipinski definition) is 5. The molecular formula is C16H23N5OS. The summed E-state index contributed by atoms with van der Waals surface area (Å²) < 4.78 is 1.98. The van der Waals surface area contributed by atoms with Crippen molar-refractivity contribution in [3.8, 4) is 0 Å². The Labute approximate surface area is 140 Å². The van der Waals surface area contributed by atoms with Crippen LogP contribution in [0.1, 0.15) is 33.2 Å². The monoisotopic (exact) mass is 333 g/mol. The molecule has 0 unspecified atom stereocenters. The van der Waals surface area contributed by atoms with Gasteiger partial charge in [0, 0.05) is 44.5 Å². The molecule has 0 atom stereocenters. The minimum absolute atomic E-state index is 0.00426. The molecule has 0 N–H and O–H groups in total. The molecule has 1 amide bonds. The average Bonchev–Trinajstić information content (AvgIpc) is 3.06. The summed E-state index contributed by atoms with van der Waals surface area (Å²) in [7, 11) is 3.95. The normalized spacial score (nSPS) is 15.3. The van der Waals surface area contributed by atoms with Crippen LogP contribution in [0, 0.1) is 6.92 Å². The number of rotatable bonds is 4. The van der Waals surface area contributed by atoms with Crippen LogP contribution in [-0.2, 0) is 19.5 Å². The highest BCUT2D eigenvalue weighted by Crippen LogP contribution is 2.15. The minimum Gasteiger partial charge on any atom is -0.340 e. The summed E-state index contributed by atoms with van der Waals surface area (Å²) in [5.41, 5.74) is 4.60. The van der Waals surface area contributed by atoms with Gasteiger partial charge in [-0.15, -0.1) is 11.3 Å². The van der Waals surface area contributed by atoms with Crippen molar-refractivity contribution in [3.63, 3.8) is 0 Å². The van der Waals surface area contributed by atoms with E-state index in [0.717, 1.165) is 43.9 Å². The van der Waals surface area contributed by atoms with Gasteiger partial charge in [0.05, 0.1) is 16.9 Å². The zero-order valence-corrected chi connectivity index (χ0v) is 14.8. The maximum atomic E-state index is 12.6. The van der Waals surface area contributed by atoms with Crippen LogP contribution in [0.2, 0.25) is 0 Å². The molecule has 2 aromatic heterocycles. The third-order valence-corrected chi connectivity index (χ3v) is 5.28. The molecule has 2 aromatic rings.